The second kappa shape index (κ2) is 10.3. The zero-order chi connectivity index (χ0) is 26.9. The average molecular weight is 541 g/mol. The van der Waals surface area contributed by atoms with Gasteiger partial charge in [0, 0.05) is 11.1 Å². The predicted molar refractivity (Wildman–Crippen MR) is 147 cm³/mol. The molecular weight excluding hydrogens is 516 g/mol. The molecule has 3 heterocycles. The molecule has 4 aromatic rings. The maximum absolute atomic E-state index is 14.0. The van der Waals surface area contributed by atoms with E-state index in [0.29, 0.717) is 37.8 Å². The van der Waals surface area contributed by atoms with Gasteiger partial charge in [-0.25, -0.2) is 9.79 Å². The molecule has 0 fully saturated rings. The summed E-state index contributed by atoms with van der Waals surface area (Å²) >= 11 is 1.26. The van der Waals surface area contributed by atoms with Crippen LogP contribution < -0.4 is 29.1 Å². The van der Waals surface area contributed by atoms with Crippen LogP contribution in [0.1, 0.15) is 29.7 Å². The van der Waals surface area contributed by atoms with Gasteiger partial charge in [0.05, 0.1) is 35.6 Å². The Kier molecular flexibility index (Phi) is 6.50. The van der Waals surface area contributed by atoms with Gasteiger partial charge >= 0.3 is 5.97 Å². The SMILES string of the molecule is CCOC(=O)C1=C(c2ccccc2)N=c2s/c(=C/c3ccccc3OC)c(=O)n2[C@H]1c1ccc2c(c1)OCO2. The number of ether oxygens (including phenoxy) is 4. The summed E-state index contributed by atoms with van der Waals surface area (Å²) in [4.78, 5) is 32.9. The van der Waals surface area contributed by atoms with E-state index in [1.54, 1.807) is 36.8 Å². The summed E-state index contributed by atoms with van der Waals surface area (Å²) in [6, 6.07) is 21.5. The summed E-state index contributed by atoms with van der Waals surface area (Å²) in [6.45, 7) is 2.03. The molecule has 6 rings (SSSR count). The summed E-state index contributed by atoms with van der Waals surface area (Å²) in [5.41, 5.74) is 2.64. The van der Waals surface area contributed by atoms with Gasteiger partial charge in [-0.1, -0.05) is 65.9 Å². The molecule has 0 bridgehead atoms. The Bertz CT molecular complexity index is 1790. The van der Waals surface area contributed by atoms with Gasteiger partial charge in [-0.2, -0.15) is 0 Å². The first-order chi connectivity index (χ1) is 19.1. The smallest absolute Gasteiger partial charge is 0.338 e. The van der Waals surface area contributed by atoms with Gasteiger partial charge in [-0.3, -0.25) is 9.36 Å². The van der Waals surface area contributed by atoms with Gasteiger partial charge in [0.25, 0.3) is 5.56 Å². The van der Waals surface area contributed by atoms with Crippen molar-refractivity contribution in [3.05, 3.63) is 115 Å². The van der Waals surface area contributed by atoms with Crippen molar-refractivity contribution in [2.45, 2.75) is 13.0 Å². The lowest BCUT2D eigenvalue weighted by Crippen LogP contribution is -2.40. The minimum atomic E-state index is -0.801. The summed E-state index contributed by atoms with van der Waals surface area (Å²) in [5, 5.41) is 0. The number of rotatable bonds is 6. The summed E-state index contributed by atoms with van der Waals surface area (Å²) < 4.78 is 24.2. The molecule has 0 unspecified atom stereocenters. The molecule has 9 heteroatoms. The monoisotopic (exact) mass is 540 g/mol. The zero-order valence-corrected chi connectivity index (χ0v) is 22.1. The highest BCUT2D eigenvalue weighted by molar-refractivity contribution is 7.07. The molecule has 0 spiro atoms. The first kappa shape index (κ1) is 24.7. The number of methoxy groups -OCH3 is 1. The van der Waals surface area contributed by atoms with Gasteiger partial charge in [-0.05, 0) is 36.8 Å². The highest BCUT2D eigenvalue weighted by Crippen LogP contribution is 2.40. The third-order valence-corrected chi connectivity index (χ3v) is 7.49. The lowest BCUT2D eigenvalue weighted by atomic mass is 9.93. The third kappa shape index (κ3) is 4.40. The minimum Gasteiger partial charge on any atom is -0.496 e. The number of carbonyl (C=O) groups is 1. The number of benzene rings is 3. The number of aromatic nitrogens is 1. The van der Waals surface area contributed by atoms with Crippen molar-refractivity contribution < 1.29 is 23.7 Å². The Hall–Kier alpha value is -4.63. The van der Waals surface area contributed by atoms with Crippen LogP contribution in [-0.2, 0) is 9.53 Å². The Balaban J connectivity index is 1.65. The normalized spacial score (nSPS) is 16.1. The van der Waals surface area contributed by atoms with E-state index in [9.17, 15) is 9.59 Å². The number of hydrogen-bond donors (Lipinski definition) is 0. The van der Waals surface area contributed by atoms with E-state index >= 15 is 0 Å². The van der Waals surface area contributed by atoms with E-state index in [4.69, 9.17) is 23.9 Å². The largest absolute Gasteiger partial charge is 0.496 e. The standard InChI is InChI=1S/C30H24N2O6S/c1-3-36-29(34)25-26(18-9-5-4-6-10-18)31-30-32(27(25)20-13-14-22-23(15-20)38-17-37-22)28(33)24(39-30)16-19-11-7-8-12-21(19)35-2/h4-16,27H,3,17H2,1-2H3/b24-16+/t27-/m0/s1. The van der Waals surface area contributed by atoms with Crippen LogP contribution in [0.2, 0.25) is 0 Å². The number of carbonyl (C=O) groups excluding carboxylic acids is 1. The molecule has 2 aliphatic rings. The quantitative estimate of drug-likeness (QED) is 0.347. The van der Waals surface area contributed by atoms with Gasteiger partial charge in [0.1, 0.15) is 5.75 Å². The van der Waals surface area contributed by atoms with Crippen LogP contribution in [0, 0.1) is 0 Å². The van der Waals surface area contributed by atoms with Crippen molar-refractivity contribution >= 4 is 29.1 Å². The minimum absolute atomic E-state index is 0.107. The van der Waals surface area contributed by atoms with Gasteiger partial charge in [0.2, 0.25) is 6.79 Å². The molecule has 39 heavy (non-hydrogen) atoms. The lowest BCUT2D eigenvalue weighted by molar-refractivity contribution is -0.138. The zero-order valence-electron chi connectivity index (χ0n) is 21.2. The molecule has 0 saturated carbocycles. The maximum atomic E-state index is 14.0. The second-order valence-corrected chi connectivity index (χ2v) is 9.80. The van der Waals surface area contributed by atoms with Crippen molar-refractivity contribution in [3.8, 4) is 17.2 Å². The van der Waals surface area contributed by atoms with Crippen LogP contribution in [0.15, 0.2) is 88.2 Å². The fraction of sp³-hybridized carbons (Fsp3) is 0.167. The Labute approximate surface area is 227 Å². The van der Waals surface area contributed by atoms with Crippen LogP contribution in [0.3, 0.4) is 0 Å². The van der Waals surface area contributed by atoms with Crippen molar-refractivity contribution in [1.29, 1.82) is 0 Å². The summed E-state index contributed by atoms with van der Waals surface area (Å²) in [7, 11) is 1.59. The van der Waals surface area contributed by atoms with Crippen LogP contribution in [0.5, 0.6) is 17.2 Å². The van der Waals surface area contributed by atoms with Crippen LogP contribution in [0.25, 0.3) is 11.8 Å². The molecule has 0 N–H and O–H groups in total. The number of fused-ring (bicyclic) bond motifs is 2. The number of nitrogens with zero attached hydrogens (tertiary/aromatic N) is 2. The molecular formula is C30H24N2O6S. The van der Waals surface area contributed by atoms with Crippen LogP contribution in [-0.4, -0.2) is 31.0 Å². The predicted octanol–water partition coefficient (Wildman–Crippen LogP) is 3.67. The number of hydrogen-bond acceptors (Lipinski definition) is 8. The maximum Gasteiger partial charge on any atom is 0.338 e. The fourth-order valence-electron chi connectivity index (χ4n) is 4.77. The van der Waals surface area contributed by atoms with Crippen molar-refractivity contribution in [3.63, 3.8) is 0 Å². The lowest BCUT2D eigenvalue weighted by Gasteiger charge is -2.26. The van der Waals surface area contributed by atoms with E-state index in [1.165, 1.54) is 11.3 Å². The van der Waals surface area contributed by atoms with Crippen molar-refractivity contribution in [1.82, 2.24) is 4.57 Å². The third-order valence-electron chi connectivity index (χ3n) is 6.51. The molecule has 196 valence electrons. The Morgan fingerprint density at radius 1 is 1.08 bits per heavy atom. The molecule has 1 atom stereocenters. The van der Waals surface area contributed by atoms with Crippen LogP contribution in [0.4, 0.5) is 0 Å². The number of esters is 1. The number of para-hydroxylation sites is 1. The first-order valence-corrected chi connectivity index (χ1v) is 13.2. The van der Waals surface area contributed by atoms with Gasteiger partial charge in [0.15, 0.2) is 16.3 Å². The fourth-order valence-corrected chi connectivity index (χ4v) is 5.76. The van der Waals surface area contributed by atoms with Crippen molar-refractivity contribution in [2.75, 3.05) is 20.5 Å². The summed E-state index contributed by atoms with van der Waals surface area (Å²) in [6.07, 6.45) is 1.79. The second-order valence-electron chi connectivity index (χ2n) is 8.79. The van der Waals surface area contributed by atoms with E-state index in [-0.39, 0.29) is 24.5 Å². The molecule has 1 aromatic heterocycles. The first-order valence-electron chi connectivity index (χ1n) is 12.4. The molecule has 2 aliphatic heterocycles. The van der Waals surface area contributed by atoms with Crippen LogP contribution >= 0.6 is 11.3 Å². The van der Waals surface area contributed by atoms with Gasteiger partial charge in [-0.15, -0.1) is 0 Å². The van der Waals surface area contributed by atoms with Crippen molar-refractivity contribution in [2.24, 2.45) is 4.99 Å². The molecule has 0 amide bonds. The highest BCUT2D eigenvalue weighted by Gasteiger charge is 2.36. The molecule has 0 saturated heterocycles. The molecule has 0 radical (unpaired) electrons. The van der Waals surface area contributed by atoms with E-state index in [0.717, 1.165) is 11.1 Å². The molecule has 8 nitrogen and oxygen atoms in total. The average Bonchev–Trinajstić information content (AvgIpc) is 3.56. The van der Waals surface area contributed by atoms with E-state index < -0.39 is 12.0 Å². The van der Waals surface area contributed by atoms with Gasteiger partial charge < -0.3 is 18.9 Å². The van der Waals surface area contributed by atoms with E-state index in [1.807, 2.05) is 60.7 Å². The number of thiazole rings is 1. The Morgan fingerprint density at radius 2 is 1.85 bits per heavy atom. The topological polar surface area (TPSA) is 88.4 Å². The van der Waals surface area contributed by atoms with E-state index in [2.05, 4.69) is 0 Å². The summed E-state index contributed by atoms with van der Waals surface area (Å²) in [5.74, 6) is 1.26. The molecule has 3 aromatic carbocycles. The molecule has 0 aliphatic carbocycles. The highest BCUT2D eigenvalue weighted by atomic mass is 32.1. The Morgan fingerprint density at radius 3 is 2.64 bits per heavy atom.